The fraction of sp³-hybridized carbons (Fsp3) is 0.278. The lowest BCUT2D eigenvalue weighted by Crippen LogP contribution is -2.29. The van der Waals surface area contributed by atoms with Crippen LogP contribution >= 0.6 is 0 Å². The van der Waals surface area contributed by atoms with Gasteiger partial charge in [-0.3, -0.25) is 4.79 Å². The van der Waals surface area contributed by atoms with Gasteiger partial charge in [-0.05, 0) is 29.7 Å². The highest BCUT2D eigenvalue weighted by molar-refractivity contribution is 5.79. The Kier molecular flexibility index (Phi) is 4.00. The van der Waals surface area contributed by atoms with Gasteiger partial charge >= 0.3 is 0 Å². The third-order valence-electron chi connectivity index (χ3n) is 4.08. The van der Waals surface area contributed by atoms with E-state index in [0.29, 0.717) is 12.3 Å². The van der Waals surface area contributed by atoms with Crippen molar-refractivity contribution in [2.75, 3.05) is 13.1 Å². The number of rotatable bonds is 3. The molecule has 0 aromatic heterocycles. The first kappa shape index (κ1) is 13.8. The Morgan fingerprint density at radius 3 is 2.52 bits per heavy atom. The van der Waals surface area contributed by atoms with Crippen LogP contribution in [0, 0.1) is 5.82 Å². The van der Waals surface area contributed by atoms with Crippen LogP contribution < -0.4 is 0 Å². The van der Waals surface area contributed by atoms with E-state index in [1.807, 2.05) is 47.4 Å². The second-order valence-corrected chi connectivity index (χ2v) is 5.54. The molecular weight excluding hydrogens is 265 g/mol. The molecule has 3 heteroatoms. The first-order chi connectivity index (χ1) is 10.2. The minimum Gasteiger partial charge on any atom is -0.342 e. The first-order valence-electron chi connectivity index (χ1n) is 7.29. The average molecular weight is 283 g/mol. The molecule has 21 heavy (non-hydrogen) atoms. The number of hydrogen-bond donors (Lipinski definition) is 0. The summed E-state index contributed by atoms with van der Waals surface area (Å²) in [5.41, 5.74) is 2.17. The highest BCUT2D eigenvalue weighted by Crippen LogP contribution is 2.27. The van der Waals surface area contributed by atoms with E-state index in [9.17, 15) is 9.18 Å². The van der Waals surface area contributed by atoms with Crippen molar-refractivity contribution in [1.82, 2.24) is 4.90 Å². The molecule has 3 rings (SSSR count). The molecule has 0 bridgehead atoms. The van der Waals surface area contributed by atoms with Gasteiger partial charge in [0.1, 0.15) is 5.82 Å². The van der Waals surface area contributed by atoms with Gasteiger partial charge in [-0.2, -0.15) is 0 Å². The number of nitrogens with zero attached hydrogens (tertiary/aromatic N) is 1. The summed E-state index contributed by atoms with van der Waals surface area (Å²) in [6.07, 6.45) is 1.41. The van der Waals surface area contributed by atoms with E-state index >= 15 is 0 Å². The smallest absolute Gasteiger partial charge is 0.227 e. The molecule has 2 aromatic rings. The van der Waals surface area contributed by atoms with Gasteiger partial charge < -0.3 is 4.90 Å². The molecule has 2 nitrogen and oxygen atoms in total. The standard InChI is InChI=1S/C18H18FNO/c19-17-8-6-15(7-9-17)16-10-11-20(13-16)18(21)12-14-4-2-1-3-5-14/h1-9,16H,10-13H2/t16-/m0/s1. The van der Waals surface area contributed by atoms with Crippen LogP contribution in [0.25, 0.3) is 0 Å². The van der Waals surface area contributed by atoms with Crippen LogP contribution in [-0.2, 0) is 11.2 Å². The molecule has 0 spiro atoms. The van der Waals surface area contributed by atoms with Gasteiger partial charge in [-0.25, -0.2) is 4.39 Å². The van der Waals surface area contributed by atoms with Crippen molar-refractivity contribution >= 4 is 5.91 Å². The van der Waals surface area contributed by atoms with E-state index < -0.39 is 0 Å². The van der Waals surface area contributed by atoms with Crippen LogP contribution in [0.5, 0.6) is 0 Å². The summed E-state index contributed by atoms with van der Waals surface area (Å²) in [6, 6.07) is 16.4. The van der Waals surface area contributed by atoms with Crippen molar-refractivity contribution in [3.63, 3.8) is 0 Å². The Bertz CT molecular complexity index is 609. The quantitative estimate of drug-likeness (QED) is 0.845. The zero-order chi connectivity index (χ0) is 14.7. The topological polar surface area (TPSA) is 20.3 Å². The van der Waals surface area contributed by atoms with Gasteiger partial charge in [-0.15, -0.1) is 0 Å². The zero-order valence-corrected chi connectivity index (χ0v) is 11.8. The maximum absolute atomic E-state index is 13.0. The third-order valence-corrected chi connectivity index (χ3v) is 4.08. The van der Waals surface area contributed by atoms with Gasteiger partial charge in [0.05, 0.1) is 6.42 Å². The number of carbonyl (C=O) groups excluding carboxylic acids is 1. The van der Waals surface area contributed by atoms with Gasteiger partial charge in [0.2, 0.25) is 5.91 Å². The summed E-state index contributed by atoms with van der Waals surface area (Å²) in [6.45, 7) is 1.52. The second-order valence-electron chi connectivity index (χ2n) is 5.54. The van der Waals surface area contributed by atoms with E-state index in [1.165, 1.54) is 12.1 Å². The zero-order valence-electron chi connectivity index (χ0n) is 11.8. The summed E-state index contributed by atoms with van der Waals surface area (Å²) in [4.78, 5) is 14.2. The van der Waals surface area contributed by atoms with Crippen LogP contribution in [0.2, 0.25) is 0 Å². The van der Waals surface area contributed by atoms with Crippen molar-refractivity contribution in [3.8, 4) is 0 Å². The molecule has 1 atom stereocenters. The molecule has 108 valence electrons. The maximum Gasteiger partial charge on any atom is 0.227 e. The SMILES string of the molecule is O=C(Cc1ccccc1)N1CC[C@H](c2ccc(F)cc2)C1. The molecule has 0 radical (unpaired) electrons. The summed E-state index contributed by atoms with van der Waals surface area (Å²) in [5, 5.41) is 0. The molecule has 1 saturated heterocycles. The Morgan fingerprint density at radius 2 is 1.81 bits per heavy atom. The van der Waals surface area contributed by atoms with Gasteiger partial charge in [-0.1, -0.05) is 42.5 Å². The summed E-state index contributed by atoms with van der Waals surface area (Å²) < 4.78 is 13.0. The second kappa shape index (κ2) is 6.08. The molecular formula is C18H18FNO. The van der Waals surface area contributed by atoms with Crippen molar-refractivity contribution in [3.05, 3.63) is 71.5 Å². The van der Waals surface area contributed by atoms with Crippen LogP contribution in [0.15, 0.2) is 54.6 Å². The lowest BCUT2D eigenvalue weighted by molar-refractivity contribution is -0.129. The number of hydrogen-bond acceptors (Lipinski definition) is 1. The average Bonchev–Trinajstić information content (AvgIpc) is 2.99. The Hall–Kier alpha value is -2.16. The highest BCUT2D eigenvalue weighted by atomic mass is 19.1. The highest BCUT2D eigenvalue weighted by Gasteiger charge is 2.27. The van der Waals surface area contributed by atoms with Gasteiger partial charge in [0, 0.05) is 19.0 Å². The Balaban J connectivity index is 1.61. The molecule has 0 saturated carbocycles. The molecule has 1 aliphatic rings. The normalized spacial score (nSPS) is 18.0. The number of carbonyl (C=O) groups is 1. The molecule has 1 aliphatic heterocycles. The summed E-state index contributed by atoms with van der Waals surface area (Å²) in [7, 11) is 0. The van der Waals surface area contributed by atoms with Crippen LogP contribution in [-0.4, -0.2) is 23.9 Å². The van der Waals surface area contributed by atoms with Crippen molar-refractivity contribution < 1.29 is 9.18 Å². The molecule has 0 unspecified atom stereocenters. The van der Waals surface area contributed by atoms with Crippen molar-refractivity contribution in [1.29, 1.82) is 0 Å². The fourth-order valence-electron chi connectivity index (χ4n) is 2.88. The lowest BCUT2D eigenvalue weighted by Gasteiger charge is -2.17. The molecule has 1 amide bonds. The van der Waals surface area contributed by atoms with Crippen molar-refractivity contribution in [2.45, 2.75) is 18.8 Å². The predicted molar refractivity (Wildman–Crippen MR) is 80.5 cm³/mol. The minimum absolute atomic E-state index is 0.172. The van der Waals surface area contributed by atoms with E-state index in [2.05, 4.69) is 0 Å². The van der Waals surface area contributed by atoms with E-state index in [1.54, 1.807) is 0 Å². The van der Waals surface area contributed by atoms with E-state index in [-0.39, 0.29) is 11.7 Å². The number of amides is 1. The monoisotopic (exact) mass is 283 g/mol. The number of likely N-dealkylation sites (tertiary alicyclic amines) is 1. The third kappa shape index (κ3) is 3.30. The molecule has 1 heterocycles. The number of halogens is 1. The lowest BCUT2D eigenvalue weighted by atomic mass is 9.99. The Morgan fingerprint density at radius 1 is 1.10 bits per heavy atom. The van der Waals surface area contributed by atoms with Crippen LogP contribution in [0.4, 0.5) is 4.39 Å². The minimum atomic E-state index is -0.214. The number of benzene rings is 2. The van der Waals surface area contributed by atoms with Crippen molar-refractivity contribution in [2.24, 2.45) is 0 Å². The predicted octanol–water partition coefficient (Wildman–Crippen LogP) is 3.38. The van der Waals surface area contributed by atoms with E-state index in [0.717, 1.165) is 30.6 Å². The Labute approximate surface area is 124 Å². The maximum atomic E-state index is 13.0. The van der Waals surface area contributed by atoms with Crippen LogP contribution in [0.1, 0.15) is 23.5 Å². The first-order valence-corrected chi connectivity index (χ1v) is 7.29. The molecule has 1 fully saturated rings. The van der Waals surface area contributed by atoms with Gasteiger partial charge in [0.25, 0.3) is 0 Å². The summed E-state index contributed by atoms with van der Waals surface area (Å²) in [5.74, 6) is 0.282. The molecule has 0 N–H and O–H groups in total. The largest absolute Gasteiger partial charge is 0.342 e. The summed E-state index contributed by atoms with van der Waals surface area (Å²) >= 11 is 0. The van der Waals surface area contributed by atoms with E-state index in [4.69, 9.17) is 0 Å². The van der Waals surface area contributed by atoms with Gasteiger partial charge in [0.15, 0.2) is 0 Å². The molecule has 2 aromatic carbocycles. The fourth-order valence-corrected chi connectivity index (χ4v) is 2.88. The van der Waals surface area contributed by atoms with Crippen LogP contribution in [0.3, 0.4) is 0 Å². The molecule has 0 aliphatic carbocycles.